The van der Waals surface area contributed by atoms with E-state index in [1.54, 1.807) is 28.6 Å². The number of rotatable bonds is 5. The molecule has 0 atom stereocenters. The highest BCUT2D eigenvalue weighted by Gasteiger charge is 2.29. The first-order chi connectivity index (χ1) is 13.6. The molecule has 2 aromatic carbocycles. The highest BCUT2D eigenvalue weighted by atomic mass is 32.2. The van der Waals surface area contributed by atoms with Crippen LogP contribution in [0.1, 0.15) is 18.4 Å². The molecule has 0 spiro atoms. The molecule has 2 aliphatic heterocycles. The number of anilines is 1. The molecule has 0 unspecified atom stereocenters. The van der Waals surface area contributed by atoms with Crippen molar-refractivity contribution in [1.82, 2.24) is 9.62 Å². The highest BCUT2D eigenvalue weighted by Crippen LogP contribution is 2.26. The molecule has 1 saturated heterocycles. The Balaban J connectivity index is 1.31. The molecule has 7 heteroatoms. The third kappa shape index (κ3) is 4.36. The van der Waals surface area contributed by atoms with Crippen molar-refractivity contribution in [2.75, 3.05) is 31.5 Å². The lowest BCUT2D eigenvalue weighted by molar-refractivity contribution is 0.273. The Hall–Kier alpha value is -2.38. The van der Waals surface area contributed by atoms with Gasteiger partial charge in [0.15, 0.2) is 5.96 Å². The monoisotopic (exact) mass is 398 g/mol. The van der Waals surface area contributed by atoms with Gasteiger partial charge in [0.25, 0.3) is 0 Å². The van der Waals surface area contributed by atoms with Crippen molar-refractivity contribution >= 4 is 21.7 Å². The fourth-order valence-corrected chi connectivity index (χ4v) is 5.26. The Morgan fingerprint density at radius 2 is 1.75 bits per heavy atom. The van der Waals surface area contributed by atoms with Crippen molar-refractivity contribution in [3.8, 4) is 0 Å². The Morgan fingerprint density at radius 1 is 1.04 bits per heavy atom. The second-order valence-corrected chi connectivity index (χ2v) is 9.28. The van der Waals surface area contributed by atoms with E-state index in [9.17, 15) is 8.42 Å². The second-order valence-electron chi connectivity index (χ2n) is 7.34. The topological polar surface area (TPSA) is 73.8 Å². The molecule has 2 N–H and O–H groups in total. The van der Waals surface area contributed by atoms with Gasteiger partial charge in [0, 0.05) is 25.3 Å². The summed E-state index contributed by atoms with van der Waals surface area (Å²) < 4.78 is 27.1. The smallest absolute Gasteiger partial charge is 0.243 e. The zero-order chi connectivity index (χ0) is 19.4. The van der Waals surface area contributed by atoms with E-state index in [4.69, 9.17) is 0 Å². The molecule has 0 amide bonds. The number of nitrogens with zero attached hydrogens (tertiary/aromatic N) is 2. The summed E-state index contributed by atoms with van der Waals surface area (Å²) in [5.41, 5.74) is 2.32. The van der Waals surface area contributed by atoms with Gasteiger partial charge in [-0.2, -0.15) is 4.31 Å². The number of nitrogens with one attached hydrogen (secondary N) is 2. The van der Waals surface area contributed by atoms with Gasteiger partial charge in [0.1, 0.15) is 0 Å². The van der Waals surface area contributed by atoms with Crippen LogP contribution in [-0.2, 0) is 16.4 Å². The number of sulfonamides is 1. The van der Waals surface area contributed by atoms with Crippen molar-refractivity contribution < 1.29 is 8.42 Å². The lowest BCUT2D eigenvalue weighted by Gasteiger charge is -2.31. The van der Waals surface area contributed by atoms with Crippen LogP contribution in [0.25, 0.3) is 0 Å². The quantitative estimate of drug-likeness (QED) is 0.812. The Bertz CT molecular complexity index is 919. The fraction of sp³-hybridized carbons (Fsp3) is 0.381. The van der Waals surface area contributed by atoms with E-state index in [2.05, 4.69) is 39.9 Å². The van der Waals surface area contributed by atoms with Crippen LogP contribution in [0.2, 0.25) is 0 Å². The standard InChI is InChI=1S/C21H26N4O2S/c26-28(27,20-4-2-1-3-5-20)25-14-10-18(11-15-25)16-17-6-8-19(9-7-17)24-21-22-12-13-23-21/h1-9,18H,10-16H2,(H2,22,23,24). The van der Waals surface area contributed by atoms with Crippen LogP contribution in [-0.4, -0.2) is 44.9 Å². The molecule has 0 aromatic heterocycles. The summed E-state index contributed by atoms with van der Waals surface area (Å²) in [6, 6.07) is 17.2. The van der Waals surface area contributed by atoms with Crippen LogP contribution in [0.3, 0.4) is 0 Å². The summed E-state index contributed by atoms with van der Waals surface area (Å²) in [6.07, 6.45) is 2.78. The number of guanidine groups is 1. The van der Waals surface area contributed by atoms with Gasteiger partial charge >= 0.3 is 0 Å². The van der Waals surface area contributed by atoms with E-state index < -0.39 is 10.0 Å². The van der Waals surface area contributed by atoms with Crippen molar-refractivity contribution in [2.24, 2.45) is 10.9 Å². The third-order valence-corrected chi connectivity index (χ3v) is 7.28. The summed E-state index contributed by atoms with van der Waals surface area (Å²) >= 11 is 0. The molecule has 6 nitrogen and oxygen atoms in total. The van der Waals surface area contributed by atoms with E-state index in [-0.39, 0.29) is 0 Å². The Labute approximate surface area is 166 Å². The van der Waals surface area contributed by atoms with E-state index in [1.165, 1.54) is 5.56 Å². The van der Waals surface area contributed by atoms with Crippen LogP contribution in [0.5, 0.6) is 0 Å². The summed E-state index contributed by atoms with van der Waals surface area (Å²) in [5, 5.41) is 6.47. The minimum atomic E-state index is -3.37. The van der Waals surface area contributed by atoms with Gasteiger partial charge in [-0.3, -0.25) is 4.99 Å². The Morgan fingerprint density at radius 3 is 2.39 bits per heavy atom. The van der Waals surface area contributed by atoms with Crippen LogP contribution >= 0.6 is 0 Å². The van der Waals surface area contributed by atoms with Crippen LogP contribution in [0.4, 0.5) is 5.69 Å². The molecule has 0 bridgehead atoms. The molecule has 2 heterocycles. The summed E-state index contributed by atoms with van der Waals surface area (Å²) in [5.74, 6) is 1.35. The minimum absolute atomic E-state index is 0.387. The first-order valence-electron chi connectivity index (χ1n) is 9.81. The maximum absolute atomic E-state index is 12.7. The molecular weight excluding hydrogens is 372 g/mol. The minimum Gasteiger partial charge on any atom is -0.354 e. The molecule has 2 aromatic rings. The van der Waals surface area contributed by atoms with Gasteiger partial charge < -0.3 is 10.6 Å². The summed E-state index contributed by atoms with van der Waals surface area (Å²) in [6.45, 7) is 2.89. The molecule has 1 fully saturated rings. The SMILES string of the molecule is O=S(=O)(c1ccccc1)N1CCC(Cc2ccc(NC3=NCCN3)cc2)CC1. The maximum Gasteiger partial charge on any atom is 0.243 e. The van der Waals surface area contributed by atoms with Gasteiger partial charge in [-0.15, -0.1) is 0 Å². The first kappa shape index (κ1) is 19.0. The van der Waals surface area contributed by atoms with Crippen LogP contribution in [0, 0.1) is 5.92 Å². The molecule has 4 rings (SSSR count). The third-order valence-electron chi connectivity index (χ3n) is 5.37. The van der Waals surface area contributed by atoms with Crippen LogP contribution < -0.4 is 10.6 Å². The molecule has 148 valence electrons. The zero-order valence-electron chi connectivity index (χ0n) is 15.8. The van der Waals surface area contributed by atoms with Crippen molar-refractivity contribution in [2.45, 2.75) is 24.2 Å². The van der Waals surface area contributed by atoms with E-state index in [0.717, 1.165) is 44.0 Å². The van der Waals surface area contributed by atoms with Crippen molar-refractivity contribution in [1.29, 1.82) is 0 Å². The predicted octanol–water partition coefficient (Wildman–Crippen LogP) is 2.70. The van der Waals surface area contributed by atoms with Gasteiger partial charge in [0.05, 0.1) is 11.4 Å². The predicted molar refractivity (Wildman–Crippen MR) is 112 cm³/mol. The first-order valence-corrected chi connectivity index (χ1v) is 11.2. The number of hydrogen-bond acceptors (Lipinski definition) is 5. The largest absolute Gasteiger partial charge is 0.354 e. The van der Waals surface area contributed by atoms with Gasteiger partial charge in [0.2, 0.25) is 10.0 Å². The molecular formula is C21H26N4O2S. The molecule has 28 heavy (non-hydrogen) atoms. The maximum atomic E-state index is 12.7. The fourth-order valence-electron chi connectivity index (χ4n) is 3.77. The zero-order valence-corrected chi connectivity index (χ0v) is 16.7. The lowest BCUT2D eigenvalue weighted by atomic mass is 9.91. The highest BCUT2D eigenvalue weighted by molar-refractivity contribution is 7.89. The van der Waals surface area contributed by atoms with Crippen molar-refractivity contribution in [3.63, 3.8) is 0 Å². The number of benzene rings is 2. The van der Waals surface area contributed by atoms with Crippen molar-refractivity contribution in [3.05, 3.63) is 60.2 Å². The van der Waals surface area contributed by atoms with E-state index in [0.29, 0.717) is 23.9 Å². The molecule has 0 saturated carbocycles. The van der Waals surface area contributed by atoms with Gasteiger partial charge in [-0.25, -0.2) is 8.42 Å². The number of piperidine rings is 1. The average molecular weight is 399 g/mol. The molecule has 0 radical (unpaired) electrons. The van der Waals surface area contributed by atoms with Crippen LogP contribution in [0.15, 0.2) is 64.5 Å². The average Bonchev–Trinajstić information content (AvgIpc) is 3.24. The molecule has 2 aliphatic rings. The number of hydrogen-bond donors (Lipinski definition) is 2. The van der Waals surface area contributed by atoms with E-state index in [1.807, 2.05) is 6.07 Å². The normalized spacial score (nSPS) is 18.5. The molecule has 0 aliphatic carbocycles. The number of aliphatic imine (C=N–C) groups is 1. The second kappa shape index (κ2) is 8.32. The lowest BCUT2D eigenvalue weighted by Crippen LogP contribution is -2.38. The summed E-state index contributed by atoms with van der Waals surface area (Å²) in [7, 11) is -3.37. The van der Waals surface area contributed by atoms with Gasteiger partial charge in [-0.1, -0.05) is 30.3 Å². The van der Waals surface area contributed by atoms with E-state index >= 15 is 0 Å². The van der Waals surface area contributed by atoms with Gasteiger partial charge in [-0.05, 0) is 55.0 Å². The Kier molecular flexibility index (Phi) is 5.64. The summed E-state index contributed by atoms with van der Waals surface area (Å²) in [4.78, 5) is 4.72.